The molecule has 3 unspecified atom stereocenters. The van der Waals surface area contributed by atoms with E-state index in [0.29, 0.717) is 5.92 Å². The summed E-state index contributed by atoms with van der Waals surface area (Å²) in [5, 5.41) is -1.34. The van der Waals surface area contributed by atoms with E-state index in [1.807, 2.05) is 0 Å². The first kappa shape index (κ1) is 16.1. The zero-order valence-electron chi connectivity index (χ0n) is 11.4. The molecular formula is C13H20F3O3S. The van der Waals surface area contributed by atoms with Gasteiger partial charge in [0.25, 0.3) is 0 Å². The normalized spacial score (nSPS) is 32.3. The fraction of sp³-hybridized carbons (Fsp3) is 0.923. The average molecular weight is 313 g/mol. The molecule has 0 amide bonds. The number of hydrogen-bond acceptors (Lipinski definition) is 3. The van der Waals surface area contributed by atoms with Crippen molar-refractivity contribution in [2.75, 3.05) is 19.5 Å². The molecule has 0 aliphatic heterocycles. The second-order valence-electron chi connectivity index (χ2n) is 5.75. The van der Waals surface area contributed by atoms with Gasteiger partial charge in [0.05, 0.1) is 23.5 Å². The molecule has 117 valence electrons. The lowest BCUT2D eigenvalue weighted by Gasteiger charge is -2.36. The zero-order valence-corrected chi connectivity index (χ0v) is 12.2. The fourth-order valence-electron chi connectivity index (χ4n) is 3.02. The monoisotopic (exact) mass is 313 g/mol. The van der Waals surface area contributed by atoms with Crippen LogP contribution in [0.15, 0.2) is 0 Å². The Morgan fingerprint density at radius 1 is 1.30 bits per heavy atom. The van der Waals surface area contributed by atoms with Crippen molar-refractivity contribution >= 4 is 9.84 Å². The molecular weight excluding hydrogens is 293 g/mol. The topological polar surface area (TPSA) is 43.4 Å². The van der Waals surface area contributed by atoms with E-state index < -0.39 is 27.2 Å². The summed E-state index contributed by atoms with van der Waals surface area (Å²) < 4.78 is 68.4. The van der Waals surface area contributed by atoms with E-state index in [-0.39, 0.29) is 31.1 Å². The highest BCUT2D eigenvalue weighted by molar-refractivity contribution is 7.92. The molecule has 2 aliphatic rings. The maximum Gasteiger partial charge on any atom is 0.393 e. The maximum atomic E-state index is 13.2. The minimum Gasteiger partial charge on any atom is -0.384 e. The van der Waals surface area contributed by atoms with Crippen LogP contribution < -0.4 is 0 Å². The Kier molecular flexibility index (Phi) is 4.69. The van der Waals surface area contributed by atoms with Gasteiger partial charge in [-0.2, -0.15) is 13.2 Å². The SMILES string of the molecule is COCCS(=O)(=O)C1C[CH]C(C2CC2)CC1C(F)(F)F. The Bertz CT molecular complexity index is 429. The van der Waals surface area contributed by atoms with Crippen LogP contribution in [0.1, 0.15) is 25.7 Å². The van der Waals surface area contributed by atoms with Crippen LogP contribution >= 0.6 is 0 Å². The van der Waals surface area contributed by atoms with Crippen molar-refractivity contribution in [3.63, 3.8) is 0 Å². The first-order chi connectivity index (χ1) is 9.25. The number of methoxy groups -OCH3 is 1. The van der Waals surface area contributed by atoms with Crippen LogP contribution in [-0.4, -0.2) is 39.3 Å². The van der Waals surface area contributed by atoms with Gasteiger partial charge in [-0.1, -0.05) is 0 Å². The van der Waals surface area contributed by atoms with Gasteiger partial charge in [-0.3, -0.25) is 0 Å². The Labute approximate surface area is 117 Å². The summed E-state index contributed by atoms with van der Waals surface area (Å²) >= 11 is 0. The van der Waals surface area contributed by atoms with Crippen molar-refractivity contribution in [2.45, 2.75) is 37.1 Å². The van der Waals surface area contributed by atoms with Crippen LogP contribution in [-0.2, 0) is 14.6 Å². The predicted octanol–water partition coefficient (Wildman–Crippen LogP) is 2.62. The Morgan fingerprint density at radius 3 is 2.45 bits per heavy atom. The quantitative estimate of drug-likeness (QED) is 0.783. The maximum absolute atomic E-state index is 13.2. The van der Waals surface area contributed by atoms with E-state index in [0.717, 1.165) is 12.8 Å². The summed E-state index contributed by atoms with van der Waals surface area (Å²) in [5.74, 6) is -1.82. The predicted molar refractivity (Wildman–Crippen MR) is 68.7 cm³/mol. The molecule has 0 saturated heterocycles. The zero-order chi connectivity index (χ0) is 15.0. The van der Waals surface area contributed by atoms with Gasteiger partial charge in [-0.15, -0.1) is 0 Å². The molecule has 0 bridgehead atoms. The second-order valence-corrected chi connectivity index (χ2v) is 8.09. The number of hydrogen-bond donors (Lipinski definition) is 0. The third-order valence-electron chi connectivity index (χ3n) is 4.33. The van der Waals surface area contributed by atoms with E-state index in [2.05, 4.69) is 4.74 Å². The highest BCUT2D eigenvalue weighted by atomic mass is 32.2. The lowest BCUT2D eigenvalue weighted by atomic mass is 9.78. The van der Waals surface area contributed by atoms with Crippen molar-refractivity contribution < 1.29 is 26.3 Å². The number of alkyl halides is 3. The van der Waals surface area contributed by atoms with Gasteiger partial charge in [0.15, 0.2) is 9.84 Å². The minimum absolute atomic E-state index is 0.0113. The lowest BCUT2D eigenvalue weighted by Crippen LogP contribution is -2.45. The van der Waals surface area contributed by atoms with Crippen molar-refractivity contribution in [3.8, 4) is 0 Å². The summed E-state index contributed by atoms with van der Waals surface area (Å²) in [6, 6.07) is 0. The van der Waals surface area contributed by atoms with Crippen molar-refractivity contribution in [3.05, 3.63) is 6.42 Å². The number of rotatable bonds is 5. The largest absolute Gasteiger partial charge is 0.393 e. The molecule has 3 nitrogen and oxygen atoms in total. The van der Waals surface area contributed by atoms with Crippen LogP contribution in [0.2, 0.25) is 0 Å². The first-order valence-electron chi connectivity index (χ1n) is 6.86. The molecule has 0 N–H and O–H groups in total. The molecule has 3 atom stereocenters. The summed E-state index contributed by atoms with van der Waals surface area (Å²) in [5.41, 5.74) is 0. The molecule has 0 heterocycles. The molecule has 2 aliphatic carbocycles. The third-order valence-corrected chi connectivity index (χ3v) is 6.51. The molecule has 7 heteroatoms. The smallest absolute Gasteiger partial charge is 0.384 e. The van der Waals surface area contributed by atoms with E-state index in [9.17, 15) is 21.6 Å². The molecule has 1 radical (unpaired) electrons. The second kappa shape index (κ2) is 5.83. The van der Waals surface area contributed by atoms with Crippen LogP contribution in [0.5, 0.6) is 0 Å². The van der Waals surface area contributed by atoms with Gasteiger partial charge in [-0.05, 0) is 43.9 Å². The number of halogens is 3. The Balaban J connectivity index is 2.13. The summed E-state index contributed by atoms with van der Waals surface area (Å²) in [4.78, 5) is 0. The molecule has 2 saturated carbocycles. The Hall–Kier alpha value is -0.300. The highest BCUT2D eigenvalue weighted by Crippen LogP contribution is 2.50. The average Bonchev–Trinajstić information content (AvgIpc) is 3.19. The molecule has 0 spiro atoms. The molecule has 20 heavy (non-hydrogen) atoms. The Morgan fingerprint density at radius 2 is 1.95 bits per heavy atom. The van der Waals surface area contributed by atoms with E-state index in [1.165, 1.54) is 7.11 Å². The van der Waals surface area contributed by atoms with E-state index in [1.54, 1.807) is 6.42 Å². The van der Waals surface area contributed by atoms with Crippen molar-refractivity contribution in [1.82, 2.24) is 0 Å². The number of sulfone groups is 1. The summed E-state index contributed by atoms with van der Waals surface area (Å²) in [7, 11) is -2.44. The van der Waals surface area contributed by atoms with Gasteiger partial charge < -0.3 is 4.74 Å². The summed E-state index contributed by atoms with van der Waals surface area (Å²) in [6.45, 7) is -0.0601. The molecule has 2 fully saturated rings. The minimum atomic E-state index is -4.45. The van der Waals surface area contributed by atoms with E-state index >= 15 is 0 Å². The van der Waals surface area contributed by atoms with Crippen LogP contribution in [0.25, 0.3) is 0 Å². The first-order valence-corrected chi connectivity index (χ1v) is 8.58. The molecule has 0 aromatic rings. The highest BCUT2D eigenvalue weighted by Gasteiger charge is 2.53. The van der Waals surface area contributed by atoms with E-state index in [4.69, 9.17) is 0 Å². The van der Waals surface area contributed by atoms with Gasteiger partial charge in [-0.25, -0.2) is 8.42 Å². The number of ether oxygens (including phenoxy) is 1. The van der Waals surface area contributed by atoms with Gasteiger partial charge in [0, 0.05) is 7.11 Å². The van der Waals surface area contributed by atoms with Gasteiger partial charge in [0.2, 0.25) is 0 Å². The third kappa shape index (κ3) is 3.67. The fourth-order valence-corrected chi connectivity index (χ4v) is 4.89. The standard InChI is InChI=1S/C13H20F3O3S/c1-19-6-7-20(17,18)12-5-4-10(9-2-3-9)8-11(12)13(14,15)16/h4,9-12H,2-3,5-8H2,1H3. The summed E-state index contributed by atoms with van der Waals surface area (Å²) in [6.07, 6.45) is -0.788. The van der Waals surface area contributed by atoms with Crippen molar-refractivity contribution in [2.24, 2.45) is 17.8 Å². The van der Waals surface area contributed by atoms with Crippen LogP contribution in [0.4, 0.5) is 13.2 Å². The van der Waals surface area contributed by atoms with Crippen molar-refractivity contribution in [1.29, 1.82) is 0 Å². The molecule has 0 aromatic carbocycles. The lowest BCUT2D eigenvalue weighted by molar-refractivity contribution is -0.182. The van der Waals surface area contributed by atoms with Crippen LogP contribution in [0, 0.1) is 24.2 Å². The molecule has 0 aromatic heterocycles. The van der Waals surface area contributed by atoms with Crippen LogP contribution in [0.3, 0.4) is 0 Å². The molecule has 2 rings (SSSR count). The van der Waals surface area contributed by atoms with Gasteiger partial charge >= 0.3 is 6.18 Å². The van der Waals surface area contributed by atoms with Gasteiger partial charge in [0.1, 0.15) is 0 Å².